The molecule has 1 aliphatic rings. The summed E-state index contributed by atoms with van der Waals surface area (Å²) >= 11 is 0. The fourth-order valence-electron chi connectivity index (χ4n) is 2.49. The van der Waals surface area contributed by atoms with Gasteiger partial charge < -0.3 is 14.8 Å². The van der Waals surface area contributed by atoms with Crippen molar-refractivity contribution in [2.24, 2.45) is 5.92 Å². The second-order valence-electron chi connectivity index (χ2n) is 6.13. The molecule has 4 nitrogen and oxygen atoms in total. The Kier molecular flexibility index (Phi) is 5.46. The standard InChI is InChI=1S/C18H27NO3/c1-5-13(3)22-16-11-9-15(10-12-16)19-17(20)18(4,21-6-2)14-7-8-14/h9-14H,5-8H2,1-4H3,(H,19,20)/t13-,18-/m1/s1. The van der Waals surface area contributed by atoms with E-state index in [1.54, 1.807) is 0 Å². The van der Waals surface area contributed by atoms with E-state index in [9.17, 15) is 4.79 Å². The molecule has 2 atom stereocenters. The Hall–Kier alpha value is -1.55. The minimum absolute atomic E-state index is 0.0626. The Labute approximate surface area is 133 Å². The van der Waals surface area contributed by atoms with Crippen LogP contribution in [0.1, 0.15) is 47.0 Å². The van der Waals surface area contributed by atoms with E-state index in [1.165, 1.54) is 0 Å². The third-order valence-electron chi connectivity index (χ3n) is 4.28. The van der Waals surface area contributed by atoms with E-state index in [4.69, 9.17) is 9.47 Å². The van der Waals surface area contributed by atoms with Crippen LogP contribution >= 0.6 is 0 Å². The molecular weight excluding hydrogens is 278 g/mol. The molecular formula is C18H27NO3. The maximum absolute atomic E-state index is 12.5. The number of anilines is 1. The number of ether oxygens (including phenoxy) is 2. The molecule has 0 spiro atoms. The summed E-state index contributed by atoms with van der Waals surface area (Å²) in [5.41, 5.74) is 0.0498. The first-order valence-electron chi connectivity index (χ1n) is 8.21. The van der Waals surface area contributed by atoms with Crippen LogP contribution in [0.5, 0.6) is 5.75 Å². The quantitative estimate of drug-likeness (QED) is 0.789. The summed E-state index contributed by atoms with van der Waals surface area (Å²) in [7, 11) is 0. The summed E-state index contributed by atoms with van der Waals surface area (Å²) in [6.45, 7) is 8.49. The van der Waals surface area contributed by atoms with Crippen LogP contribution in [0.15, 0.2) is 24.3 Å². The topological polar surface area (TPSA) is 47.6 Å². The van der Waals surface area contributed by atoms with Gasteiger partial charge in [-0.05, 0) is 70.2 Å². The summed E-state index contributed by atoms with van der Waals surface area (Å²) in [5, 5.41) is 2.96. The predicted octanol–water partition coefficient (Wildman–Crippen LogP) is 4.01. The first-order valence-corrected chi connectivity index (χ1v) is 8.21. The van der Waals surface area contributed by atoms with E-state index in [2.05, 4.69) is 12.2 Å². The molecule has 1 amide bonds. The average molecular weight is 305 g/mol. The van der Waals surface area contributed by atoms with Crippen molar-refractivity contribution in [2.75, 3.05) is 11.9 Å². The molecule has 0 unspecified atom stereocenters. The number of carbonyl (C=O) groups excluding carboxylic acids is 1. The zero-order chi connectivity index (χ0) is 16.2. The van der Waals surface area contributed by atoms with Gasteiger partial charge in [-0.25, -0.2) is 0 Å². The zero-order valence-electron chi connectivity index (χ0n) is 14.0. The molecule has 4 heteroatoms. The van der Waals surface area contributed by atoms with E-state index in [0.717, 1.165) is 30.7 Å². The van der Waals surface area contributed by atoms with Crippen LogP contribution in [-0.4, -0.2) is 24.2 Å². The van der Waals surface area contributed by atoms with Gasteiger partial charge in [-0.3, -0.25) is 4.79 Å². The Bertz CT molecular complexity index is 496. The molecule has 1 N–H and O–H groups in total. The number of rotatable bonds is 8. The molecule has 122 valence electrons. The van der Waals surface area contributed by atoms with Crippen LogP contribution in [0.25, 0.3) is 0 Å². The molecule has 0 bridgehead atoms. The number of hydrogen-bond acceptors (Lipinski definition) is 3. The van der Waals surface area contributed by atoms with Crippen LogP contribution in [0.2, 0.25) is 0 Å². The first-order chi connectivity index (χ1) is 10.5. The van der Waals surface area contributed by atoms with Gasteiger partial charge in [0, 0.05) is 12.3 Å². The minimum atomic E-state index is -0.722. The van der Waals surface area contributed by atoms with Crippen LogP contribution in [0.4, 0.5) is 5.69 Å². The highest BCUT2D eigenvalue weighted by molar-refractivity contribution is 5.97. The Morgan fingerprint density at radius 2 is 1.95 bits per heavy atom. The van der Waals surface area contributed by atoms with Crippen molar-refractivity contribution < 1.29 is 14.3 Å². The van der Waals surface area contributed by atoms with Gasteiger partial charge in [0.05, 0.1) is 6.10 Å². The molecule has 1 aromatic rings. The van der Waals surface area contributed by atoms with Gasteiger partial charge in [0.25, 0.3) is 5.91 Å². The lowest BCUT2D eigenvalue weighted by Gasteiger charge is -2.28. The molecule has 1 saturated carbocycles. The highest BCUT2D eigenvalue weighted by Crippen LogP contribution is 2.42. The Balaban J connectivity index is 1.99. The molecule has 1 aromatic carbocycles. The van der Waals surface area contributed by atoms with Gasteiger partial charge in [0.1, 0.15) is 11.4 Å². The van der Waals surface area contributed by atoms with Crippen LogP contribution in [-0.2, 0) is 9.53 Å². The number of hydrogen-bond donors (Lipinski definition) is 1. The van der Waals surface area contributed by atoms with Gasteiger partial charge in [0.15, 0.2) is 0 Å². The second-order valence-corrected chi connectivity index (χ2v) is 6.13. The van der Waals surface area contributed by atoms with Crippen molar-refractivity contribution >= 4 is 11.6 Å². The summed E-state index contributed by atoms with van der Waals surface area (Å²) in [6, 6.07) is 7.51. The number of carbonyl (C=O) groups is 1. The third kappa shape index (κ3) is 4.01. The highest BCUT2D eigenvalue weighted by Gasteiger charge is 2.48. The van der Waals surface area contributed by atoms with Gasteiger partial charge >= 0.3 is 0 Å². The van der Waals surface area contributed by atoms with E-state index in [0.29, 0.717) is 12.5 Å². The summed E-state index contributed by atoms with van der Waals surface area (Å²) in [5.74, 6) is 1.09. The van der Waals surface area contributed by atoms with Crippen molar-refractivity contribution in [2.45, 2.75) is 58.7 Å². The van der Waals surface area contributed by atoms with Crippen LogP contribution in [0, 0.1) is 5.92 Å². The van der Waals surface area contributed by atoms with Gasteiger partial charge in [0.2, 0.25) is 0 Å². The molecule has 2 rings (SSSR count). The lowest BCUT2D eigenvalue weighted by atomic mass is 9.99. The van der Waals surface area contributed by atoms with Crippen molar-refractivity contribution in [3.63, 3.8) is 0 Å². The van der Waals surface area contributed by atoms with E-state index >= 15 is 0 Å². The molecule has 0 radical (unpaired) electrons. The Morgan fingerprint density at radius 3 is 2.45 bits per heavy atom. The molecule has 1 aliphatic carbocycles. The Morgan fingerprint density at radius 1 is 1.32 bits per heavy atom. The normalized spacial score (nSPS) is 18.4. The maximum Gasteiger partial charge on any atom is 0.256 e. The molecule has 0 aromatic heterocycles. The summed E-state index contributed by atoms with van der Waals surface area (Å²) < 4.78 is 11.5. The number of nitrogens with one attached hydrogen (secondary N) is 1. The second kappa shape index (κ2) is 7.14. The lowest BCUT2D eigenvalue weighted by Crippen LogP contribution is -2.44. The smallest absolute Gasteiger partial charge is 0.256 e. The van der Waals surface area contributed by atoms with Crippen molar-refractivity contribution in [1.29, 1.82) is 0 Å². The van der Waals surface area contributed by atoms with Crippen LogP contribution in [0.3, 0.4) is 0 Å². The van der Waals surface area contributed by atoms with E-state index in [-0.39, 0.29) is 12.0 Å². The SMILES string of the molecule is CCO[C@@](C)(C(=O)Nc1ccc(O[C@H](C)CC)cc1)C1CC1. The fraction of sp³-hybridized carbons (Fsp3) is 0.611. The first kappa shape index (κ1) is 16.8. The summed E-state index contributed by atoms with van der Waals surface area (Å²) in [6.07, 6.45) is 3.28. The monoisotopic (exact) mass is 305 g/mol. The predicted molar refractivity (Wildman–Crippen MR) is 88.2 cm³/mol. The van der Waals surface area contributed by atoms with Crippen molar-refractivity contribution in [1.82, 2.24) is 0 Å². The maximum atomic E-state index is 12.5. The molecule has 0 heterocycles. The van der Waals surface area contributed by atoms with E-state index < -0.39 is 5.60 Å². The van der Waals surface area contributed by atoms with Crippen LogP contribution < -0.4 is 10.1 Å². The summed E-state index contributed by atoms with van der Waals surface area (Å²) in [4.78, 5) is 12.5. The van der Waals surface area contributed by atoms with E-state index in [1.807, 2.05) is 45.0 Å². The minimum Gasteiger partial charge on any atom is -0.491 e. The van der Waals surface area contributed by atoms with Gasteiger partial charge in [-0.1, -0.05) is 6.92 Å². The lowest BCUT2D eigenvalue weighted by molar-refractivity contribution is -0.141. The van der Waals surface area contributed by atoms with Crippen molar-refractivity contribution in [3.05, 3.63) is 24.3 Å². The van der Waals surface area contributed by atoms with Gasteiger partial charge in [-0.15, -0.1) is 0 Å². The third-order valence-corrected chi connectivity index (χ3v) is 4.28. The zero-order valence-corrected chi connectivity index (χ0v) is 14.0. The molecule has 22 heavy (non-hydrogen) atoms. The van der Waals surface area contributed by atoms with Gasteiger partial charge in [-0.2, -0.15) is 0 Å². The molecule has 0 saturated heterocycles. The molecule has 1 fully saturated rings. The number of benzene rings is 1. The largest absolute Gasteiger partial charge is 0.491 e. The highest BCUT2D eigenvalue weighted by atomic mass is 16.5. The molecule has 0 aliphatic heterocycles. The fourth-order valence-corrected chi connectivity index (χ4v) is 2.49. The number of amides is 1. The van der Waals surface area contributed by atoms with Crippen molar-refractivity contribution in [3.8, 4) is 5.75 Å². The average Bonchev–Trinajstić information content (AvgIpc) is 3.34.